The largest absolute Gasteiger partial charge is 0.501 e. The van der Waals surface area contributed by atoms with Gasteiger partial charge >= 0.3 is 5.51 Å². The van der Waals surface area contributed by atoms with Gasteiger partial charge in [-0.1, -0.05) is 26.8 Å². The highest BCUT2D eigenvalue weighted by Gasteiger charge is 2.48. The molecule has 0 radical (unpaired) electrons. The molecule has 1 atom stereocenters. The first-order chi connectivity index (χ1) is 9.26. The smallest absolute Gasteiger partial charge is 0.327 e. The van der Waals surface area contributed by atoms with E-state index in [9.17, 15) is 26.0 Å². The van der Waals surface area contributed by atoms with E-state index >= 15 is 0 Å². The van der Waals surface area contributed by atoms with E-state index in [0.29, 0.717) is 6.07 Å². The molecule has 0 saturated heterocycles. The van der Waals surface area contributed by atoms with Crippen LogP contribution in [0.25, 0.3) is 0 Å². The molecule has 0 fully saturated rings. The van der Waals surface area contributed by atoms with Crippen LogP contribution in [0.2, 0.25) is 0 Å². The molecule has 0 aliphatic carbocycles. The fraction of sp³-hybridized carbons (Fsp3) is 0.538. The number of hydrogen-bond donors (Lipinski definition) is 1. The number of benzene rings is 1. The van der Waals surface area contributed by atoms with Crippen molar-refractivity contribution in [3.63, 3.8) is 0 Å². The maximum Gasteiger partial charge on any atom is 0.501 e. The molecule has 21 heavy (non-hydrogen) atoms. The molecular weight excluding hydrogens is 310 g/mol. The van der Waals surface area contributed by atoms with Crippen molar-refractivity contribution >= 4 is 9.84 Å². The second-order valence-electron chi connectivity index (χ2n) is 5.88. The van der Waals surface area contributed by atoms with E-state index in [1.807, 2.05) is 0 Å². The molecule has 1 aromatic carbocycles. The van der Waals surface area contributed by atoms with Gasteiger partial charge in [-0.3, -0.25) is 0 Å². The molecule has 0 aliphatic rings. The van der Waals surface area contributed by atoms with Crippen molar-refractivity contribution in [1.29, 1.82) is 0 Å². The van der Waals surface area contributed by atoms with E-state index < -0.39 is 37.5 Å². The fourth-order valence-electron chi connectivity index (χ4n) is 1.61. The zero-order valence-electron chi connectivity index (χ0n) is 11.8. The third kappa shape index (κ3) is 3.94. The molecule has 1 aromatic rings. The first-order valence-electron chi connectivity index (χ1n) is 6.12. The second-order valence-corrected chi connectivity index (χ2v) is 7.79. The van der Waals surface area contributed by atoms with Crippen LogP contribution in [-0.4, -0.2) is 20.0 Å². The Morgan fingerprint density at radius 3 is 2.14 bits per heavy atom. The average Bonchev–Trinajstić information content (AvgIpc) is 2.28. The summed E-state index contributed by atoms with van der Waals surface area (Å²) in [5.74, 6) is -1.05. The van der Waals surface area contributed by atoms with Gasteiger partial charge in [0, 0.05) is 6.04 Å². The highest BCUT2D eigenvalue weighted by atomic mass is 32.2. The molecule has 0 aromatic heterocycles. The number of halogens is 4. The van der Waals surface area contributed by atoms with Crippen LogP contribution < -0.4 is 5.73 Å². The number of rotatable bonds is 3. The Morgan fingerprint density at radius 2 is 1.71 bits per heavy atom. The fourth-order valence-corrected chi connectivity index (χ4v) is 2.63. The molecule has 1 unspecified atom stereocenters. The lowest BCUT2D eigenvalue weighted by molar-refractivity contribution is -0.0436. The SMILES string of the molecule is CC(C)(C)C(N)Cc1ccc(F)cc1S(=O)(=O)C(F)(F)F. The number of sulfone groups is 1. The van der Waals surface area contributed by atoms with Gasteiger partial charge in [0.05, 0.1) is 4.90 Å². The predicted octanol–water partition coefficient (Wildman–Crippen LogP) is 3.04. The zero-order valence-corrected chi connectivity index (χ0v) is 12.6. The minimum atomic E-state index is -5.62. The van der Waals surface area contributed by atoms with Gasteiger partial charge in [0.15, 0.2) is 0 Å². The van der Waals surface area contributed by atoms with E-state index in [4.69, 9.17) is 5.73 Å². The average molecular weight is 327 g/mol. The minimum absolute atomic E-state index is 0.103. The second kappa shape index (κ2) is 5.57. The summed E-state index contributed by atoms with van der Waals surface area (Å²) in [5, 5.41) is 0. The van der Waals surface area contributed by atoms with Crippen molar-refractivity contribution < 1.29 is 26.0 Å². The van der Waals surface area contributed by atoms with E-state index in [2.05, 4.69) is 0 Å². The first kappa shape index (κ1) is 17.9. The lowest BCUT2D eigenvalue weighted by Gasteiger charge is -2.27. The molecule has 0 spiro atoms. The van der Waals surface area contributed by atoms with Crippen LogP contribution in [0, 0.1) is 11.2 Å². The van der Waals surface area contributed by atoms with E-state index in [1.54, 1.807) is 20.8 Å². The van der Waals surface area contributed by atoms with Crippen LogP contribution in [-0.2, 0) is 16.3 Å². The Bertz CT molecular complexity index is 618. The van der Waals surface area contributed by atoms with Crippen molar-refractivity contribution in [3.8, 4) is 0 Å². The molecule has 120 valence electrons. The van der Waals surface area contributed by atoms with Crippen LogP contribution in [0.5, 0.6) is 0 Å². The number of hydrogen-bond acceptors (Lipinski definition) is 3. The summed E-state index contributed by atoms with van der Waals surface area (Å²) in [6.45, 7) is 5.33. The van der Waals surface area contributed by atoms with Crippen molar-refractivity contribution in [2.75, 3.05) is 0 Å². The Labute approximate surface area is 121 Å². The highest BCUT2D eigenvalue weighted by molar-refractivity contribution is 7.92. The van der Waals surface area contributed by atoms with Gasteiger partial charge in [-0.25, -0.2) is 12.8 Å². The van der Waals surface area contributed by atoms with Gasteiger partial charge < -0.3 is 5.73 Å². The normalized spacial score (nSPS) is 15.0. The summed E-state index contributed by atoms with van der Waals surface area (Å²) in [6, 6.07) is 1.75. The molecule has 2 N–H and O–H groups in total. The third-order valence-electron chi connectivity index (χ3n) is 3.18. The van der Waals surface area contributed by atoms with Crippen LogP contribution in [0.4, 0.5) is 17.6 Å². The van der Waals surface area contributed by atoms with Gasteiger partial charge in [-0.2, -0.15) is 13.2 Å². The lowest BCUT2D eigenvalue weighted by atomic mass is 9.84. The molecule has 0 aliphatic heterocycles. The maximum atomic E-state index is 13.2. The quantitative estimate of drug-likeness (QED) is 0.868. The molecule has 0 saturated carbocycles. The van der Waals surface area contributed by atoms with Crippen LogP contribution in [0.15, 0.2) is 23.1 Å². The van der Waals surface area contributed by atoms with Crippen LogP contribution in [0.3, 0.4) is 0 Å². The number of nitrogens with two attached hydrogens (primary N) is 1. The number of alkyl halides is 3. The molecule has 0 amide bonds. The highest BCUT2D eigenvalue weighted by Crippen LogP contribution is 2.34. The molecule has 3 nitrogen and oxygen atoms in total. The molecule has 0 heterocycles. The van der Waals surface area contributed by atoms with Gasteiger partial charge in [-0.15, -0.1) is 0 Å². The van der Waals surface area contributed by atoms with Crippen molar-refractivity contribution in [1.82, 2.24) is 0 Å². The summed E-state index contributed by atoms with van der Waals surface area (Å²) < 4.78 is 74.2. The summed E-state index contributed by atoms with van der Waals surface area (Å²) in [4.78, 5) is -1.07. The van der Waals surface area contributed by atoms with Crippen LogP contribution in [0.1, 0.15) is 26.3 Å². The Morgan fingerprint density at radius 1 is 1.19 bits per heavy atom. The molecule has 1 rings (SSSR count). The Hall–Kier alpha value is -1.15. The minimum Gasteiger partial charge on any atom is -0.327 e. The third-order valence-corrected chi connectivity index (χ3v) is 4.74. The van der Waals surface area contributed by atoms with Crippen molar-refractivity contribution in [2.24, 2.45) is 11.1 Å². The summed E-state index contributed by atoms with van der Waals surface area (Å²) in [5.41, 5.74) is -0.192. The first-order valence-corrected chi connectivity index (χ1v) is 7.60. The van der Waals surface area contributed by atoms with E-state index in [-0.39, 0.29) is 12.0 Å². The monoisotopic (exact) mass is 327 g/mol. The van der Waals surface area contributed by atoms with Gasteiger partial charge in [0.2, 0.25) is 0 Å². The van der Waals surface area contributed by atoms with Crippen molar-refractivity contribution in [2.45, 2.75) is 43.6 Å². The zero-order chi connectivity index (χ0) is 16.6. The lowest BCUT2D eigenvalue weighted by Crippen LogP contribution is -2.37. The van der Waals surface area contributed by atoms with Gasteiger partial charge in [-0.05, 0) is 29.5 Å². The summed E-state index contributed by atoms with van der Waals surface area (Å²) in [6.07, 6.45) is -0.103. The van der Waals surface area contributed by atoms with E-state index in [0.717, 1.165) is 12.1 Å². The van der Waals surface area contributed by atoms with E-state index in [1.165, 1.54) is 0 Å². The summed E-state index contributed by atoms with van der Waals surface area (Å²) >= 11 is 0. The molecule has 8 heteroatoms. The van der Waals surface area contributed by atoms with Gasteiger partial charge in [0.25, 0.3) is 9.84 Å². The Kier molecular flexibility index (Phi) is 4.74. The molecular formula is C13H17F4NO2S. The van der Waals surface area contributed by atoms with Gasteiger partial charge in [0.1, 0.15) is 5.82 Å². The maximum absolute atomic E-state index is 13.2. The standard InChI is InChI=1S/C13H17F4NO2S/c1-12(2,3)11(18)6-8-4-5-9(14)7-10(8)21(19,20)13(15,16)17/h4-5,7,11H,6,18H2,1-3H3. The topological polar surface area (TPSA) is 60.2 Å². The van der Waals surface area contributed by atoms with Crippen molar-refractivity contribution in [3.05, 3.63) is 29.6 Å². The van der Waals surface area contributed by atoms with Crippen LogP contribution >= 0.6 is 0 Å². The predicted molar refractivity (Wildman–Crippen MR) is 70.8 cm³/mol. The Balaban J connectivity index is 3.38. The summed E-state index contributed by atoms with van der Waals surface area (Å²) in [7, 11) is -5.62. The molecule has 0 bridgehead atoms.